The van der Waals surface area contributed by atoms with E-state index in [1.807, 2.05) is 45.0 Å². The lowest BCUT2D eigenvalue weighted by Gasteiger charge is -2.19. The normalized spacial score (nSPS) is 11.8. The van der Waals surface area contributed by atoms with Gasteiger partial charge in [0.2, 0.25) is 0 Å². The van der Waals surface area contributed by atoms with Gasteiger partial charge in [0.1, 0.15) is 12.2 Å². The molecule has 0 aliphatic heterocycles. The van der Waals surface area contributed by atoms with Crippen molar-refractivity contribution in [3.05, 3.63) is 40.9 Å². The summed E-state index contributed by atoms with van der Waals surface area (Å²) < 4.78 is 10.5. The standard InChI is InChI=1S/C19H27ClO3/c1-19(2,3)23-18(21)15-22-14-8-6-4-5-7-9-16-10-12-17(20)13-11-16/h7,9-13H,4-6,8,14-15H2,1-3H3. The van der Waals surface area contributed by atoms with E-state index >= 15 is 0 Å². The van der Waals surface area contributed by atoms with Crippen LogP contribution in [0, 0.1) is 0 Å². The molecule has 128 valence electrons. The molecule has 0 aliphatic rings. The van der Waals surface area contributed by atoms with Crippen molar-refractivity contribution in [3.63, 3.8) is 0 Å². The molecular formula is C19H27ClO3. The second kappa shape index (κ2) is 10.5. The summed E-state index contributed by atoms with van der Waals surface area (Å²) in [7, 11) is 0. The molecule has 0 atom stereocenters. The molecule has 0 bridgehead atoms. The van der Waals surface area contributed by atoms with Crippen LogP contribution < -0.4 is 0 Å². The molecule has 0 N–H and O–H groups in total. The number of carbonyl (C=O) groups is 1. The van der Waals surface area contributed by atoms with Crippen molar-refractivity contribution < 1.29 is 14.3 Å². The summed E-state index contributed by atoms with van der Waals surface area (Å²) in [5.41, 5.74) is 0.715. The highest BCUT2D eigenvalue weighted by Gasteiger charge is 2.15. The highest BCUT2D eigenvalue weighted by atomic mass is 35.5. The van der Waals surface area contributed by atoms with Crippen molar-refractivity contribution >= 4 is 23.6 Å². The Morgan fingerprint density at radius 3 is 2.48 bits per heavy atom. The molecule has 0 aromatic heterocycles. The van der Waals surface area contributed by atoms with E-state index in [1.165, 1.54) is 0 Å². The molecule has 1 rings (SSSR count). The Labute approximate surface area is 144 Å². The zero-order valence-corrected chi connectivity index (χ0v) is 15.1. The monoisotopic (exact) mass is 338 g/mol. The number of allylic oxidation sites excluding steroid dienone is 1. The summed E-state index contributed by atoms with van der Waals surface area (Å²) in [4.78, 5) is 11.4. The Kier molecular flexibility index (Phi) is 8.97. The van der Waals surface area contributed by atoms with E-state index in [4.69, 9.17) is 21.1 Å². The first-order valence-corrected chi connectivity index (χ1v) is 8.46. The lowest BCUT2D eigenvalue weighted by atomic mass is 10.1. The Hall–Kier alpha value is -1.32. The number of halogens is 1. The SMILES string of the molecule is CC(C)(C)OC(=O)COCCCCCC=Cc1ccc(Cl)cc1. The quantitative estimate of drug-likeness (QED) is 0.454. The zero-order valence-electron chi connectivity index (χ0n) is 14.3. The van der Waals surface area contributed by atoms with E-state index in [-0.39, 0.29) is 12.6 Å². The first-order chi connectivity index (χ1) is 10.9. The van der Waals surface area contributed by atoms with E-state index < -0.39 is 5.60 Å². The van der Waals surface area contributed by atoms with Gasteiger partial charge in [-0.2, -0.15) is 0 Å². The molecule has 0 amide bonds. The Bertz CT molecular complexity index is 486. The lowest BCUT2D eigenvalue weighted by molar-refractivity contribution is -0.160. The van der Waals surface area contributed by atoms with Gasteiger partial charge in [-0.05, 0) is 57.7 Å². The van der Waals surface area contributed by atoms with Gasteiger partial charge in [-0.15, -0.1) is 0 Å². The lowest BCUT2D eigenvalue weighted by Crippen LogP contribution is -2.26. The molecule has 0 heterocycles. The minimum absolute atomic E-state index is 0.0355. The van der Waals surface area contributed by atoms with Gasteiger partial charge in [0, 0.05) is 11.6 Å². The van der Waals surface area contributed by atoms with Crippen molar-refractivity contribution in [2.24, 2.45) is 0 Å². The van der Waals surface area contributed by atoms with Gasteiger partial charge in [0.25, 0.3) is 0 Å². The summed E-state index contributed by atoms with van der Waals surface area (Å²) in [6.07, 6.45) is 8.46. The largest absolute Gasteiger partial charge is 0.458 e. The summed E-state index contributed by atoms with van der Waals surface area (Å²) in [6, 6.07) is 7.79. The summed E-state index contributed by atoms with van der Waals surface area (Å²) in [6.45, 7) is 6.18. The molecule has 0 radical (unpaired) electrons. The number of esters is 1. The van der Waals surface area contributed by atoms with E-state index in [1.54, 1.807) is 0 Å². The number of unbranched alkanes of at least 4 members (excludes halogenated alkanes) is 3. The third-order valence-electron chi connectivity index (χ3n) is 2.98. The van der Waals surface area contributed by atoms with Gasteiger partial charge in [0.05, 0.1) is 0 Å². The predicted molar refractivity (Wildman–Crippen MR) is 95.6 cm³/mol. The van der Waals surface area contributed by atoms with Gasteiger partial charge in [-0.25, -0.2) is 4.79 Å². The number of benzene rings is 1. The van der Waals surface area contributed by atoms with E-state index in [0.717, 1.165) is 36.3 Å². The van der Waals surface area contributed by atoms with Crippen LogP contribution in [0.4, 0.5) is 0 Å². The van der Waals surface area contributed by atoms with E-state index in [0.29, 0.717) is 6.61 Å². The maximum atomic E-state index is 11.4. The predicted octanol–water partition coefficient (Wildman–Crippen LogP) is 5.27. The number of hydrogen-bond acceptors (Lipinski definition) is 3. The minimum atomic E-state index is -0.448. The molecular weight excluding hydrogens is 312 g/mol. The van der Waals surface area contributed by atoms with Crippen LogP contribution in [-0.2, 0) is 14.3 Å². The highest BCUT2D eigenvalue weighted by molar-refractivity contribution is 6.30. The van der Waals surface area contributed by atoms with Crippen molar-refractivity contribution in [3.8, 4) is 0 Å². The molecule has 0 saturated carbocycles. The fraction of sp³-hybridized carbons (Fsp3) is 0.526. The summed E-state index contributed by atoms with van der Waals surface area (Å²) in [5.74, 6) is -0.302. The third-order valence-corrected chi connectivity index (χ3v) is 3.23. The first kappa shape index (κ1) is 19.7. The zero-order chi connectivity index (χ0) is 17.1. The molecule has 3 nitrogen and oxygen atoms in total. The average Bonchev–Trinajstić information content (AvgIpc) is 2.45. The van der Waals surface area contributed by atoms with Gasteiger partial charge < -0.3 is 9.47 Å². The Morgan fingerprint density at radius 2 is 1.83 bits per heavy atom. The average molecular weight is 339 g/mol. The van der Waals surface area contributed by atoms with Gasteiger partial charge in [0.15, 0.2) is 0 Å². The second-order valence-electron chi connectivity index (χ2n) is 6.44. The van der Waals surface area contributed by atoms with Crippen LogP contribution in [0.25, 0.3) is 6.08 Å². The number of carbonyl (C=O) groups excluding carboxylic acids is 1. The molecule has 0 saturated heterocycles. The fourth-order valence-corrected chi connectivity index (χ4v) is 2.09. The van der Waals surface area contributed by atoms with Crippen LogP contribution in [0.1, 0.15) is 52.0 Å². The van der Waals surface area contributed by atoms with Gasteiger partial charge in [-0.3, -0.25) is 0 Å². The Balaban J connectivity index is 1.99. The van der Waals surface area contributed by atoms with Crippen molar-refractivity contribution in [1.29, 1.82) is 0 Å². The maximum Gasteiger partial charge on any atom is 0.332 e. The van der Waals surface area contributed by atoms with E-state index in [2.05, 4.69) is 12.2 Å². The third kappa shape index (κ3) is 10.9. The topological polar surface area (TPSA) is 35.5 Å². The smallest absolute Gasteiger partial charge is 0.332 e. The fourth-order valence-electron chi connectivity index (χ4n) is 1.96. The van der Waals surface area contributed by atoms with Crippen LogP contribution >= 0.6 is 11.6 Å². The molecule has 1 aromatic rings. The highest BCUT2D eigenvalue weighted by Crippen LogP contribution is 2.11. The van der Waals surface area contributed by atoms with Crippen LogP contribution in [0.15, 0.2) is 30.3 Å². The van der Waals surface area contributed by atoms with Gasteiger partial charge in [-0.1, -0.05) is 42.3 Å². The maximum absolute atomic E-state index is 11.4. The number of rotatable bonds is 9. The van der Waals surface area contributed by atoms with Gasteiger partial charge >= 0.3 is 5.97 Å². The van der Waals surface area contributed by atoms with E-state index in [9.17, 15) is 4.79 Å². The molecule has 0 spiro atoms. The van der Waals surface area contributed by atoms with Crippen LogP contribution in [0.2, 0.25) is 5.02 Å². The molecule has 4 heteroatoms. The minimum Gasteiger partial charge on any atom is -0.458 e. The molecule has 1 aromatic carbocycles. The van der Waals surface area contributed by atoms with Crippen molar-refractivity contribution in [1.82, 2.24) is 0 Å². The number of hydrogen-bond donors (Lipinski definition) is 0. The Morgan fingerprint density at radius 1 is 1.13 bits per heavy atom. The molecule has 0 aliphatic carbocycles. The second-order valence-corrected chi connectivity index (χ2v) is 6.88. The van der Waals surface area contributed by atoms with Crippen LogP contribution in [0.5, 0.6) is 0 Å². The molecule has 0 unspecified atom stereocenters. The molecule has 0 fully saturated rings. The first-order valence-electron chi connectivity index (χ1n) is 8.08. The van der Waals surface area contributed by atoms with Crippen molar-refractivity contribution in [2.45, 2.75) is 52.1 Å². The van der Waals surface area contributed by atoms with Crippen LogP contribution in [-0.4, -0.2) is 24.8 Å². The molecule has 23 heavy (non-hydrogen) atoms. The number of ether oxygens (including phenoxy) is 2. The summed E-state index contributed by atoms with van der Waals surface area (Å²) in [5, 5.41) is 0.758. The van der Waals surface area contributed by atoms with Crippen molar-refractivity contribution in [2.75, 3.05) is 13.2 Å². The van der Waals surface area contributed by atoms with Crippen LogP contribution in [0.3, 0.4) is 0 Å². The summed E-state index contributed by atoms with van der Waals surface area (Å²) >= 11 is 5.84.